The first-order valence-electron chi connectivity index (χ1n) is 7.40. The molecule has 0 saturated heterocycles. The van der Waals surface area contributed by atoms with E-state index in [0.29, 0.717) is 5.54 Å². The van der Waals surface area contributed by atoms with Crippen LogP contribution in [0.15, 0.2) is 0 Å². The number of hydrogen-bond donors (Lipinski definition) is 1. The Balaban J connectivity index is 1.60. The van der Waals surface area contributed by atoms with E-state index in [1.54, 1.807) is 19.3 Å². The first-order chi connectivity index (χ1) is 7.65. The molecule has 0 aromatic rings. The van der Waals surface area contributed by atoms with Crippen molar-refractivity contribution in [1.29, 1.82) is 0 Å². The van der Waals surface area contributed by atoms with E-state index in [1.165, 1.54) is 32.2 Å². The van der Waals surface area contributed by atoms with Gasteiger partial charge in [0.2, 0.25) is 0 Å². The Morgan fingerprint density at radius 3 is 1.94 bits per heavy atom. The highest BCUT2D eigenvalue weighted by atomic mass is 15.0. The molecule has 4 fully saturated rings. The van der Waals surface area contributed by atoms with Crippen molar-refractivity contribution in [2.45, 2.75) is 64.3 Å². The lowest BCUT2D eigenvalue weighted by Crippen LogP contribution is -2.58. The summed E-state index contributed by atoms with van der Waals surface area (Å²) in [4.78, 5) is 0. The zero-order valence-electron chi connectivity index (χ0n) is 11.0. The first kappa shape index (κ1) is 11.1. The molecule has 92 valence electrons. The minimum absolute atomic E-state index is 0.587. The van der Waals surface area contributed by atoms with E-state index in [-0.39, 0.29) is 0 Å². The van der Waals surface area contributed by atoms with Gasteiger partial charge in [-0.3, -0.25) is 0 Å². The van der Waals surface area contributed by atoms with Crippen molar-refractivity contribution in [2.24, 2.45) is 23.7 Å². The molecule has 4 saturated carbocycles. The van der Waals surface area contributed by atoms with E-state index in [9.17, 15) is 0 Å². The van der Waals surface area contributed by atoms with Crippen LogP contribution in [0.1, 0.15) is 58.8 Å². The van der Waals surface area contributed by atoms with Crippen LogP contribution in [0, 0.1) is 23.7 Å². The van der Waals surface area contributed by atoms with Crippen molar-refractivity contribution in [1.82, 2.24) is 5.32 Å². The Bertz CT molecular complexity index is 221. The fraction of sp³-hybridized carbons (Fsp3) is 1.00. The minimum Gasteiger partial charge on any atom is -0.311 e. The third-order valence-electron chi connectivity index (χ3n) is 5.26. The smallest absolute Gasteiger partial charge is 0.0189 e. The molecule has 4 aliphatic rings. The van der Waals surface area contributed by atoms with Crippen LogP contribution in [0.25, 0.3) is 0 Å². The second-order valence-electron chi connectivity index (χ2n) is 7.31. The lowest BCUT2D eigenvalue weighted by Gasteiger charge is -2.57. The van der Waals surface area contributed by atoms with Crippen LogP contribution in [-0.4, -0.2) is 12.1 Å². The summed E-state index contributed by atoms with van der Waals surface area (Å²) in [5.74, 6) is 4.09. The maximum absolute atomic E-state index is 3.96. The van der Waals surface area contributed by atoms with E-state index < -0.39 is 0 Å². The highest BCUT2D eigenvalue weighted by Crippen LogP contribution is 2.55. The summed E-state index contributed by atoms with van der Waals surface area (Å²) in [7, 11) is 0. The van der Waals surface area contributed by atoms with Crippen LogP contribution in [0.5, 0.6) is 0 Å². The molecule has 4 aliphatic carbocycles. The van der Waals surface area contributed by atoms with Gasteiger partial charge in [-0.05, 0) is 75.2 Å². The van der Waals surface area contributed by atoms with Crippen LogP contribution < -0.4 is 5.32 Å². The lowest BCUT2D eigenvalue weighted by atomic mass is 9.53. The van der Waals surface area contributed by atoms with Crippen molar-refractivity contribution < 1.29 is 0 Å². The van der Waals surface area contributed by atoms with E-state index in [0.717, 1.165) is 23.7 Å². The molecule has 16 heavy (non-hydrogen) atoms. The Labute approximate surface area is 100 Å². The Morgan fingerprint density at radius 1 is 1.00 bits per heavy atom. The van der Waals surface area contributed by atoms with Crippen LogP contribution in [0.2, 0.25) is 0 Å². The van der Waals surface area contributed by atoms with Gasteiger partial charge in [-0.15, -0.1) is 0 Å². The summed E-state index contributed by atoms with van der Waals surface area (Å²) < 4.78 is 0. The van der Waals surface area contributed by atoms with Gasteiger partial charge in [0.15, 0.2) is 0 Å². The lowest BCUT2D eigenvalue weighted by molar-refractivity contribution is -0.0198. The van der Waals surface area contributed by atoms with Gasteiger partial charge in [-0.1, -0.05) is 13.8 Å². The van der Waals surface area contributed by atoms with Crippen LogP contribution in [-0.2, 0) is 0 Å². The van der Waals surface area contributed by atoms with Gasteiger partial charge in [0.1, 0.15) is 0 Å². The van der Waals surface area contributed by atoms with Gasteiger partial charge in [0, 0.05) is 5.54 Å². The predicted octanol–water partition coefficient (Wildman–Crippen LogP) is 3.59. The molecule has 1 nitrogen and oxygen atoms in total. The van der Waals surface area contributed by atoms with Gasteiger partial charge in [0.05, 0.1) is 0 Å². The Morgan fingerprint density at radius 2 is 1.50 bits per heavy atom. The molecule has 0 spiro atoms. The zero-order chi connectivity index (χ0) is 11.2. The third-order valence-corrected chi connectivity index (χ3v) is 5.26. The van der Waals surface area contributed by atoms with Crippen molar-refractivity contribution >= 4 is 0 Å². The molecular formula is C15H27N. The molecule has 1 heteroatoms. The summed E-state index contributed by atoms with van der Waals surface area (Å²) >= 11 is 0. The van der Waals surface area contributed by atoms with Gasteiger partial charge < -0.3 is 5.32 Å². The van der Waals surface area contributed by atoms with E-state index >= 15 is 0 Å². The zero-order valence-corrected chi connectivity index (χ0v) is 11.0. The summed E-state index contributed by atoms with van der Waals surface area (Å²) in [5.41, 5.74) is 0.587. The number of rotatable bonds is 4. The normalized spacial score (nSPS) is 45.6. The highest BCUT2D eigenvalue weighted by Gasteiger charge is 2.50. The second kappa shape index (κ2) is 4.01. The molecule has 0 aromatic heterocycles. The molecule has 1 N–H and O–H groups in total. The molecule has 4 rings (SSSR count). The molecule has 0 aliphatic heterocycles. The van der Waals surface area contributed by atoms with E-state index in [4.69, 9.17) is 0 Å². The summed E-state index contributed by atoms with van der Waals surface area (Å²) in [5, 5.41) is 3.96. The fourth-order valence-corrected chi connectivity index (χ4v) is 4.95. The van der Waals surface area contributed by atoms with Gasteiger partial charge in [0.25, 0.3) is 0 Å². The molecule has 0 amide bonds. The maximum Gasteiger partial charge on any atom is 0.0189 e. The monoisotopic (exact) mass is 221 g/mol. The molecule has 0 atom stereocenters. The van der Waals surface area contributed by atoms with Gasteiger partial charge in [-0.2, -0.15) is 0 Å². The number of nitrogens with one attached hydrogen (secondary N) is 1. The second-order valence-corrected chi connectivity index (χ2v) is 7.31. The average molecular weight is 221 g/mol. The summed E-state index contributed by atoms with van der Waals surface area (Å²) in [6.07, 6.45) is 10.5. The van der Waals surface area contributed by atoms with Crippen molar-refractivity contribution in [3.8, 4) is 0 Å². The molecular weight excluding hydrogens is 194 g/mol. The van der Waals surface area contributed by atoms with Gasteiger partial charge in [-0.25, -0.2) is 0 Å². The molecule has 0 radical (unpaired) electrons. The van der Waals surface area contributed by atoms with Gasteiger partial charge >= 0.3 is 0 Å². The maximum atomic E-state index is 3.96. The Kier molecular flexibility index (Phi) is 2.78. The van der Waals surface area contributed by atoms with Crippen molar-refractivity contribution in [3.63, 3.8) is 0 Å². The average Bonchev–Trinajstić information content (AvgIpc) is 2.13. The van der Waals surface area contributed by atoms with Crippen molar-refractivity contribution in [2.75, 3.05) is 6.54 Å². The quantitative estimate of drug-likeness (QED) is 0.765. The first-order valence-corrected chi connectivity index (χ1v) is 7.40. The summed E-state index contributed by atoms with van der Waals surface area (Å²) in [6.45, 7) is 5.92. The predicted molar refractivity (Wildman–Crippen MR) is 68.4 cm³/mol. The highest BCUT2D eigenvalue weighted by molar-refractivity contribution is 5.06. The van der Waals surface area contributed by atoms with Crippen LogP contribution in [0.3, 0.4) is 0 Å². The van der Waals surface area contributed by atoms with Crippen molar-refractivity contribution in [3.05, 3.63) is 0 Å². The standard InChI is InChI=1S/C15H27N/c1-11(2)3-4-16-15-8-12-5-13(9-15)7-14(6-12)10-15/h11-14,16H,3-10H2,1-2H3. The molecule has 4 bridgehead atoms. The minimum atomic E-state index is 0.587. The summed E-state index contributed by atoms with van der Waals surface area (Å²) in [6, 6.07) is 0. The Hall–Kier alpha value is -0.0400. The fourth-order valence-electron chi connectivity index (χ4n) is 4.95. The van der Waals surface area contributed by atoms with Crippen LogP contribution >= 0.6 is 0 Å². The third kappa shape index (κ3) is 2.03. The molecule has 0 unspecified atom stereocenters. The van der Waals surface area contributed by atoms with E-state index in [1.807, 2.05) is 0 Å². The number of hydrogen-bond acceptors (Lipinski definition) is 1. The van der Waals surface area contributed by atoms with Crippen LogP contribution in [0.4, 0.5) is 0 Å². The molecule has 0 aromatic carbocycles. The molecule has 0 heterocycles. The SMILES string of the molecule is CC(C)CCNC12CC3CC(CC(C3)C1)C2. The topological polar surface area (TPSA) is 12.0 Å². The largest absolute Gasteiger partial charge is 0.311 e. The van der Waals surface area contributed by atoms with E-state index in [2.05, 4.69) is 19.2 Å².